The van der Waals surface area contributed by atoms with Gasteiger partial charge in [0.2, 0.25) is 12.4 Å². The Hall–Kier alpha value is -1.26. The largest absolute Gasteiger partial charge is 0.416 e. The average Bonchev–Trinajstić information content (AvgIpc) is 1.86. The lowest BCUT2D eigenvalue weighted by molar-refractivity contribution is -0.904. The topological polar surface area (TPSA) is 24.1 Å². The van der Waals surface area contributed by atoms with Crippen LogP contribution in [0.3, 0.4) is 0 Å². The molecule has 5 heteroatoms. The van der Waals surface area contributed by atoms with Crippen LogP contribution in [0, 0.1) is 0 Å². The zero-order chi connectivity index (χ0) is 8.48. The summed E-state index contributed by atoms with van der Waals surface area (Å²) in [6, 6.07) is 1.58. The molecule has 60 valence electrons. The van der Waals surface area contributed by atoms with Crippen molar-refractivity contribution < 1.29 is 23.1 Å². The van der Waals surface area contributed by atoms with Gasteiger partial charge in [0.05, 0.1) is 5.56 Å². The standard InChI is InChI=1S/C6H5F3NO/c7-6(8,9)5-1-3-10(11)4-2-5/h1-4,11H/q+1. The maximum absolute atomic E-state index is 11.8. The van der Waals surface area contributed by atoms with Crippen LogP contribution in [0.2, 0.25) is 0 Å². The maximum Gasteiger partial charge on any atom is 0.416 e. The van der Waals surface area contributed by atoms with Gasteiger partial charge in [-0.3, -0.25) is 5.21 Å². The van der Waals surface area contributed by atoms with Gasteiger partial charge in [-0.15, -0.1) is 0 Å². The minimum Gasteiger partial charge on any atom is -0.285 e. The molecule has 1 aromatic heterocycles. The van der Waals surface area contributed by atoms with Crippen LogP contribution in [0.1, 0.15) is 5.56 Å². The molecule has 0 spiro atoms. The molecule has 0 bridgehead atoms. The average molecular weight is 164 g/mol. The number of rotatable bonds is 0. The number of halogens is 3. The van der Waals surface area contributed by atoms with Crippen molar-refractivity contribution in [2.24, 2.45) is 0 Å². The molecule has 0 fully saturated rings. The van der Waals surface area contributed by atoms with Crippen molar-refractivity contribution in [3.8, 4) is 0 Å². The Morgan fingerprint density at radius 2 is 1.64 bits per heavy atom. The molecule has 0 aliphatic carbocycles. The van der Waals surface area contributed by atoms with Crippen LogP contribution >= 0.6 is 0 Å². The lowest BCUT2D eigenvalue weighted by Gasteiger charge is -2.02. The molecule has 0 aliphatic rings. The molecule has 2 nitrogen and oxygen atoms in total. The Kier molecular flexibility index (Phi) is 1.72. The quantitative estimate of drug-likeness (QED) is 0.452. The molecule has 0 saturated heterocycles. The summed E-state index contributed by atoms with van der Waals surface area (Å²) in [5, 5.41) is 8.57. The second-order valence-electron chi connectivity index (χ2n) is 1.96. The molecule has 1 rings (SSSR count). The minimum absolute atomic E-state index is 0.551. The highest BCUT2D eigenvalue weighted by molar-refractivity contribution is 5.10. The summed E-state index contributed by atoms with van der Waals surface area (Å²) in [4.78, 5) is 0. The van der Waals surface area contributed by atoms with Gasteiger partial charge in [-0.05, 0) is 0 Å². The summed E-state index contributed by atoms with van der Waals surface area (Å²) >= 11 is 0. The van der Waals surface area contributed by atoms with Gasteiger partial charge in [0, 0.05) is 16.9 Å². The van der Waals surface area contributed by atoms with E-state index in [4.69, 9.17) is 5.21 Å². The summed E-state index contributed by atoms with van der Waals surface area (Å²) in [5.41, 5.74) is -0.775. The Morgan fingerprint density at radius 1 is 1.18 bits per heavy atom. The van der Waals surface area contributed by atoms with Crippen molar-refractivity contribution in [2.75, 3.05) is 0 Å². The molecular formula is C6H5F3NO+. The van der Waals surface area contributed by atoms with Crippen LogP contribution < -0.4 is 4.73 Å². The van der Waals surface area contributed by atoms with Crippen LogP contribution in [-0.4, -0.2) is 5.21 Å². The normalized spacial score (nSPS) is 11.5. The summed E-state index contributed by atoms with van der Waals surface area (Å²) in [7, 11) is 0. The monoisotopic (exact) mass is 164 g/mol. The molecule has 0 atom stereocenters. The smallest absolute Gasteiger partial charge is 0.285 e. The van der Waals surface area contributed by atoms with E-state index in [-0.39, 0.29) is 0 Å². The SMILES string of the molecule is O[n+]1ccc(C(F)(F)F)cc1. The molecule has 0 radical (unpaired) electrons. The molecule has 0 aromatic carbocycles. The first-order valence-electron chi connectivity index (χ1n) is 2.78. The molecule has 0 saturated carbocycles. The number of nitrogens with zero attached hydrogens (tertiary/aromatic N) is 1. The first-order chi connectivity index (χ1) is 5.00. The number of hydrogen-bond donors (Lipinski definition) is 1. The molecule has 0 aliphatic heterocycles. The summed E-state index contributed by atoms with van der Waals surface area (Å²) in [6.45, 7) is 0. The number of alkyl halides is 3. The van der Waals surface area contributed by atoms with Crippen molar-refractivity contribution in [3.05, 3.63) is 30.1 Å². The highest BCUT2D eigenvalue weighted by atomic mass is 19.4. The zero-order valence-electron chi connectivity index (χ0n) is 5.34. The summed E-state index contributed by atoms with van der Waals surface area (Å²) < 4.78 is 36.0. The van der Waals surface area contributed by atoms with Gasteiger partial charge < -0.3 is 0 Å². The lowest BCUT2D eigenvalue weighted by Crippen LogP contribution is -2.28. The Morgan fingerprint density at radius 3 is 2.00 bits per heavy atom. The van der Waals surface area contributed by atoms with Crippen molar-refractivity contribution in [3.63, 3.8) is 0 Å². The van der Waals surface area contributed by atoms with Crippen LogP contribution in [0.5, 0.6) is 0 Å². The van der Waals surface area contributed by atoms with E-state index in [1.807, 2.05) is 0 Å². The van der Waals surface area contributed by atoms with E-state index in [2.05, 4.69) is 0 Å². The van der Waals surface area contributed by atoms with E-state index in [9.17, 15) is 13.2 Å². The highest BCUT2D eigenvalue weighted by Crippen LogP contribution is 2.27. The van der Waals surface area contributed by atoms with E-state index in [0.29, 0.717) is 4.73 Å². The fourth-order valence-corrected chi connectivity index (χ4v) is 0.608. The fourth-order valence-electron chi connectivity index (χ4n) is 0.608. The first-order valence-corrected chi connectivity index (χ1v) is 2.78. The lowest BCUT2D eigenvalue weighted by atomic mass is 10.3. The third-order valence-corrected chi connectivity index (χ3v) is 1.14. The Bertz CT molecular complexity index is 241. The van der Waals surface area contributed by atoms with Gasteiger partial charge >= 0.3 is 6.18 Å². The van der Waals surface area contributed by atoms with Crippen LogP contribution in [-0.2, 0) is 6.18 Å². The van der Waals surface area contributed by atoms with E-state index in [1.165, 1.54) is 0 Å². The molecule has 0 amide bonds. The van der Waals surface area contributed by atoms with Crippen molar-refractivity contribution >= 4 is 0 Å². The third kappa shape index (κ3) is 1.83. The van der Waals surface area contributed by atoms with Crippen LogP contribution in [0.4, 0.5) is 13.2 Å². The fraction of sp³-hybridized carbons (Fsp3) is 0.167. The summed E-state index contributed by atoms with van der Waals surface area (Å²) in [5.74, 6) is 0. The minimum atomic E-state index is -4.34. The summed E-state index contributed by atoms with van der Waals surface area (Å²) in [6.07, 6.45) is -2.50. The number of aromatic nitrogens is 1. The van der Waals surface area contributed by atoms with Crippen molar-refractivity contribution in [2.45, 2.75) is 6.18 Å². The maximum atomic E-state index is 11.8. The van der Waals surface area contributed by atoms with Crippen LogP contribution in [0.25, 0.3) is 0 Å². The molecular weight excluding hydrogens is 159 g/mol. The zero-order valence-corrected chi connectivity index (χ0v) is 5.34. The molecule has 1 aromatic rings. The molecule has 1 heterocycles. The van der Waals surface area contributed by atoms with E-state index in [0.717, 1.165) is 24.5 Å². The first kappa shape index (κ1) is 7.84. The highest BCUT2D eigenvalue weighted by Gasteiger charge is 2.31. The van der Waals surface area contributed by atoms with Crippen LogP contribution in [0.15, 0.2) is 24.5 Å². The van der Waals surface area contributed by atoms with Gasteiger partial charge in [-0.25, -0.2) is 0 Å². The van der Waals surface area contributed by atoms with Crippen molar-refractivity contribution in [1.29, 1.82) is 0 Å². The Balaban J connectivity index is 2.99. The number of pyridine rings is 1. The Labute approximate surface area is 60.5 Å². The third-order valence-electron chi connectivity index (χ3n) is 1.14. The predicted octanol–water partition coefficient (Wildman–Crippen LogP) is 1.23. The predicted molar refractivity (Wildman–Crippen MR) is 28.8 cm³/mol. The molecule has 1 N–H and O–H groups in total. The van der Waals surface area contributed by atoms with Crippen molar-refractivity contribution in [1.82, 2.24) is 0 Å². The van der Waals surface area contributed by atoms with E-state index in [1.54, 1.807) is 0 Å². The van der Waals surface area contributed by atoms with Gasteiger partial charge in [0.15, 0.2) is 0 Å². The van der Waals surface area contributed by atoms with Gasteiger partial charge in [-0.2, -0.15) is 13.2 Å². The van der Waals surface area contributed by atoms with Gasteiger partial charge in [0.25, 0.3) is 0 Å². The van der Waals surface area contributed by atoms with E-state index >= 15 is 0 Å². The van der Waals surface area contributed by atoms with E-state index < -0.39 is 11.7 Å². The van der Waals surface area contributed by atoms with Gasteiger partial charge in [0.1, 0.15) is 0 Å². The molecule has 11 heavy (non-hydrogen) atoms. The second kappa shape index (κ2) is 2.41. The molecule has 0 unspecified atom stereocenters. The second-order valence-corrected chi connectivity index (χ2v) is 1.96. The van der Waals surface area contributed by atoms with Gasteiger partial charge in [-0.1, -0.05) is 0 Å². The number of hydrogen-bond acceptors (Lipinski definition) is 1.